The Morgan fingerprint density at radius 2 is 1.44 bits per heavy atom. The smallest absolute Gasteiger partial charge is 0.250 e. The fraction of sp³-hybridized carbons (Fsp3) is 0.207. The molecule has 0 aliphatic heterocycles. The van der Waals surface area contributed by atoms with Crippen molar-refractivity contribution in [3.8, 4) is 0 Å². The van der Waals surface area contributed by atoms with Crippen molar-refractivity contribution in [3.05, 3.63) is 114 Å². The Morgan fingerprint density at radius 1 is 0.875 bits per heavy atom. The molecule has 164 valence electrons. The highest BCUT2D eigenvalue weighted by Crippen LogP contribution is 2.35. The molecule has 0 bridgehead atoms. The Labute approximate surface area is 191 Å². The number of allylic oxidation sites excluding steroid dienone is 1. The van der Waals surface area contributed by atoms with E-state index < -0.39 is 0 Å². The van der Waals surface area contributed by atoms with Crippen LogP contribution in [0.25, 0.3) is 11.1 Å². The normalized spacial score (nSPS) is 11.6. The molecular weight excluding hydrogens is 394 g/mol. The zero-order valence-electron chi connectivity index (χ0n) is 19.0. The molecule has 0 radical (unpaired) electrons. The van der Waals surface area contributed by atoms with Crippen LogP contribution in [0, 0.1) is 0 Å². The van der Waals surface area contributed by atoms with Crippen LogP contribution in [0.1, 0.15) is 36.5 Å². The van der Waals surface area contributed by atoms with Gasteiger partial charge in [-0.1, -0.05) is 86.3 Å². The predicted octanol–water partition coefficient (Wildman–Crippen LogP) is 6.61. The summed E-state index contributed by atoms with van der Waals surface area (Å²) in [6, 6.07) is 29.3. The fourth-order valence-corrected chi connectivity index (χ4v) is 3.94. The van der Waals surface area contributed by atoms with Gasteiger partial charge in [0.15, 0.2) is 0 Å². The molecule has 0 aliphatic rings. The Bertz CT molecular complexity index is 1040. The quantitative estimate of drug-likeness (QED) is 0.208. The maximum absolute atomic E-state index is 12.4. The van der Waals surface area contributed by atoms with Crippen LogP contribution in [-0.2, 0) is 9.53 Å². The lowest BCUT2D eigenvalue weighted by Crippen LogP contribution is -2.30. The molecule has 3 nitrogen and oxygen atoms in total. The number of ether oxygens (including phenoxy) is 1. The van der Waals surface area contributed by atoms with Crippen LogP contribution in [0.4, 0.5) is 5.69 Å². The second-order valence-corrected chi connectivity index (χ2v) is 7.53. The zero-order valence-corrected chi connectivity index (χ0v) is 19.0. The first kappa shape index (κ1) is 23.2. The Balaban J connectivity index is 2.06. The summed E-state index contributed by atoms with van der Waals surface area (Å²) >= 11 is 0. The highest BCUT2D eigenvalue weighted by molar-refractivity contribution is 6.02. The number of methoxy groups -OCH3 is 1. The van der Waals surface area contributed by atoms with Gasteiger partial charge in [-0.15, -0.1) is 0 Å². The van der Waals surface area contributed by atoms with E-state index in [0.29, 0.717) is 13.2 Å². The second-order valence-electron chi connectivity index (χ2n) is 7.53. The number of hydrogen-bond donors (Lipinski definition) is 0. The number of benzene rings is 3. The second kappa shape index (κ2) is 11.8. The highest BCUT2D eigenvalue weighted by atomic mass is 16.5. The first-order valence-corrected chi connectivity index (χ1v) is 11.1. The molecule has 0 heterocycles. The van der Waals surface area contributed by atoms with Crippen LogP contribution in [0.15, 0.2) is 97.6 Å². The van der Waals surface area contributed by atoms with Crippen molar-refractivity contribution in [1.29, 1.82) is 0 Å². The summed E-state index contributed by atoms with van der Waals surface area (Å²) in [5.74, 6) is -0.105. The van der Waals surface area contributed by atoms with Crippen LogP contribution < -0.4 is 4.90 Å². The molecule has 0 fully saturated rings. The summed E-state index contributed by atoms with van der Waals surface area (Å²) in [7, 11) is 1.67. The number of hydrogen-bond acceptors (Lipinski definition) is 2. The summed E-state index contributed by atoms with van der Waals surface area (Å²) in [5.41, 5.74) is 6.90. The van der Waals surface area contributed by atoms with Gasteiger partial charge in [0.25, 0.3) is 0 Å². The number of anilines is 1. The first-order chi connectivity index (χ1) is 15.7. The van der Waals surface area contributed by atoms with E-state index in [1.807, 2.05) is 24.3 Å². The summed E-state index contributed by atoms with van der Waals surface area (Å²) in [5, 5.41) is 0. The van der Waals surface area contributed by atoms with E-state index in [2.05, 4.69) is 74.2 Å². The van der Waals surface area contributed by atoms with E-state index in [1.165, 1.54) is 28.3 Å². The van der Waals surface area contributed by atoms with Crippen molar-refractivity contribution in [2.45, 2.75) is 19.8 Å². The van der Waals surface area contributed by atoms with E-state index in [0.717, 1.165) is 24.1 Å². The van der Waals surface area contributed by atoms with Crippen LogP contribution in [0.3, 0.4) is 0 Å². The third-order valence-electron chi connectivity index (χ3n) is 5.48. The van der Waals surface area contributed by atoms with E-state index in [9.17, 15) is 4.79 Å². The molecular formula is C29H31NO2. The standard InChI is InChI=1S/C29H31NO2/c1-4-27(23-13-8-6-9-14-23)29(24-15-10-7-11-16-24)25-17-19-26(20-18-25)30(28(31)5-2)21-12-22-32-3/h5-11,13-20H,2,4,12,21-22H2,1,3H3. The molecule has 32 heavy (non-hydrogen) atoms. The minimum absolute atomic E-state index is 0.105. The Morgan fingerprint density at radius 3 is 1.97 bits per heavy atom. The van der Waals surface area contributed by atoms with Crippen molar-refractivity contribution >= 4 is 22.7 Å². The first-order valence-electron chi connectivity index (χ1n) is 11.1. The van der Waals surface area contributed by atoms with Gasteiger partial charge in [-0.25, -0.2) is 0 Å². The third-order valence-corrected chi connectivity index (χ3v) is 5.48. The molecule has 3 heteroatoms. The van der Waals surface area contributed by atoms with E-state index >= 15 is 0 Å². The van der Waals surface area contributed by atoms with Gasteiger partial charge in [0, 0.05) is 25.9 Å². The Kier molecular flexibility index (Phi) is 8.59. The summed E-state index contributed by atoms with van der Waals surface area (Å²) in [6.07, 6.45) is 3.04. The van der Waals surface area contributed by atoms with Crippen LogP contribution in [-0.4, -0.2) is 26.2 Å². The predicted molar refractivity (Wildman–Crippen MR) is 135 cm³/mol. The van der Waals surface area contributed by atoms with Gasteiger partial charge < -0.3 is 9.64 Å². The van der Waals surface area contributed by atoms with Gasteiger partial charge in [0.05, 0.1) is 0 Å². The van der Waals surface area contributed by atoms with Crippen molar-refractivity contribution in [1.82, 2.24) is 0 Å². The lowest BCUT2D eigenvalue weighted by atomic mass is 9.88. The van der Waals surface area contributed by atoms with Crippen molar-refractivity contribution < 1.29 is 9.53 Å². The van der Waals surface area contributed by atoms with Gasteiger partial charge in [0.2, 0.25) is 5.91 Å². The van der Waals surface area contributed by atoms with Crippen LogP contribution in [0.5, 0.6) is 0 Å². The zero-order chi connectivity index (χ0) is 22.8. The number of rotatable bonds is 10. The van der Waals surface area contributed by atoms with E-state index in [-0.39, 0.29) is 5.91 Å². The van der Waals surface area contributed by atoms with Crippen LogP contribution in [0.2, 0.25) is 0 Å². The molecule has 0 aromatic heterocycles. The third kappa shape index (κ3) is 5.63. The minimum Gasteiger partial charge on any atom is -0.385 e. The van der Waals surface area contributed by atoms with Crippen molar-refractivity contribution in [2.75, 3.05) is 25.2 Å². The molecule has 3 rings (SSSR count). The summed E-state index contributed by atoms with van der Waals surface area (Å²) in [6.45, 7) is 7.05. The fourth-order valence-electron chi connectivity index (χ4n) is 3.94. The number of nitrogens with zero attached hydrogens (tertiary/aromatic N) is 1. The largest absolute Gasteiger partial charge is 0.385 e. The van der Waals surface area contributed by atoms with Crippen molar-refractivity contribution in [3.63, 3.8) is 0 Å². The van der Waals surface area contributed by atoms with Gasteiger partial charge in [-0.05, 0) is 58.9 Å². The molecule has 0 atom stereocenters. The molecule has 0 N–H and O–H groups in total. The lowest BCUT2D eigenvalue weighted by molar-refractivity contribution is -0.114. The molecule has 0 saturated carbocycles. The number of carbonyl (C=O) groups is 1. The van der Waals surface area contributed by atoms with E-state index in [4.69, 9.17) is 4.74 Å². The molecule has 0 saturated heterocycles. The molecule has 3 aromatic rings. The Hall–Kier alpha value is -3.43. The molecule has 0 spiro atoms. The average molecular weight is 426 g/mol. The molecule has 1 amide bonds. The maximum Gasteiger partial charge on any atom is 0.250 e. The molecule has 3 aromatic carbocycles. The monoisotopic (exact) mass is 425 g/mol. The molecule has 0 aliphatic carbocycles. The highest BCUT2D eigenvalue weighted by Gasteiger charge is 2.16. The summed E-state index contributed by atoms with van der Waals surface area (Å²) in [4.78, 5) is 14.2. The van der Waals surface area contributed by atoms with Gasteiger partial charge >= 0.3 is 0 Å². The van der Waals surface area contributed by atoms with Gasteiger partial charge in [-0.2, -0.15) is 0 Å². The lowest BCUT2D eigenvalue weighted by Gasteiger charge is -2.22. The molecule has 0 unspecified atom stereocenters. The maximum atomic E-state index is 12.4. The SMILES string of the molecule is C=CC(=O)N(CCCOC)c1ccc(C(=C(CC)c2ccccc2)c2ccccc2)cc1. The number of carbonyl (C=O) groups excluding carboxylic acids is 1. The van der Waals surface area contributed by atoms with Gasteiger partial charge in [0.1, 0.15) is 0 Å². The minimum atomic E-state index is -0.105. The summed E-state index contributed by atoms with van der Waals surface area (Å²) < 4.78 is 5.15. The topological polar surface area (TPSA) is 29.5 Å². The van der Waals surface area contributed by atoms with Crippen molar-refractivity contribution in [2.24, 2.45) is 0 Å². The number of amides is 1. The van der Waals surface area contributed by atoms with E-state index in [1.54, 1.807) is 12.0 Å². The average Bonchev–Trinajstić information content (AvgIpc) is 2.86. The van der Waals surface area contributed by atoms with Gasteiger partial charge in [-0.3, -0.25) is 4.79 Å². The van der Waals surface area contributed by atoms with Crippen LogP contribution >= 0.6 is 0 Å².